The summed E-state index contributed by atoms with van der Waals surface area (Å²) in [5, 5.41) is 2.99. The van der Waals surface area contributed by atoms with E-state index in [2.05, 4.69) is 5.32 Å². The Labute approximate surface area is 98.6 Å². The highest BCUT2D eigenvalue weighted by Crippen LogP contribution is 2.22. The second kappa shape index (κ2) is 6.74. The summed E-state index contributed by atoms with van der Waals surface area (Å²) in [4.78, 5) is 13.5. The second-order valence-electron chi connectivity index (χ2n) is 4.57. The quantitative estimate of drug-likeness (QED) is 0.765. The van der Waals surface area contributed by atoms with Crippen LogP contribution >= 0.6 is 0 Å². The molecule has 4 heteroatoms. The first kappa shape index (κ1) is 13.3. The fraction of sp³-hybridized carbons (Fsp3) is 0.917. The van der Waals surface area contributed by atoms with Gasteiger partial charge in [0.05, 0.1) is 0 Å². The van der Waals surface area contributed by atoms with E-state index in [9.17, 15) is 4.79 Å². The van der Waals surface area contributed by atoms with Crippen molar-refractivity contribution in [2.24, 2.45) is 11.7 Å². The highest BCUT2D eigenvalue weighted by atomic mass is 16.2. The van der Waals surface area contributed by atoms with E-state index in [-0.39, 0.29) is 12.1 Å². The second-order valence-corrected chi connectivity index (χ2v) is 4.57. The molecule has 1 rings (SSSR count). The molecular formula is C12H25N3O. The lowest BCUT2D eigenvalue weighted by atomic mass is 9.85. The van der Waals surface area contributed by atoms with Crippen LogP contribution in [0.4, 0.5) is 4.79 Å². The Balaban J connectivity index is 2.29. The van der Waals surface area contributed by atoms with Gasteiger partial charge in [-0.2, -0.15) is 0 Å². The molecule has 4 nitrogen and oxygen atoms in total. The highest BCUT2D eigenvalue weighted by Gasteiger charge is 2.22. The standard InChI is InChI=1S/C12H25N3O/c1-3-15(4-2)12(16)14-9-10-7-5-6-8-11(10)13/h10-11H,3-9,13H2,1-2H3,(H,14,16). The van der Waals surface area contributed by atoms with E-state index in [1.807, 2.05) is 13.8 Å². The van der Waals surface area contributed by atoms with E-state index in [0.717, 1.165) is 32.5 Å². The number of nitrogens with zero attached hydrogens (tertiary/aromatic N) is 1. The van der Waals surface area contributed by atoms with E-state index in [1.54, 1.807) is 4.90 Å². The number of hydrogen-bond donors (Lipinski definition) is 2. The van der Waals surface area contributed by atoms with Crippen LogP contribution in [0.15, 0.2) is 0 Å². The monoisotopic (exact) mass is 227 g/mol. The zero-order valence-electron chi connectivity index (χ0n) is 10.5. The van der Waals surface area contributed by atoms with Gasteiger partial charge in [0.25, 0.3) is 0 Å². The zero-order valence-corrected chi connectivity index (χ0v) is 10.5. The van der Waals surface area contributed by atoms with Gasteiger partial charge in [-0.05, 0) is 32.6 Å². The van der Waals surface area contributed by atoms with Crippen LogP contribution in [0.5, 0.6) is 0 Å². The van der Waals surface area contributed by atoms with E-state index >= 15 is 0 Å². The molecule has 2 unspecified atom stereocenters. The fourth-order valence-electron chi connectivity index (χ4n) is 2.33. The third-order valence-corrected chi connectivity index (χ3v) is 3.53. The van der Waals surface area contributed by atoms with Gasteiger partial charge in [0.2, 0.25) is 0 Å². The summed E-state index contributed by atoms with van der Waals surface area (Å²) in [7, 11) is 0. The van der Waals surface area contributed by atoms with Crippen LogP contribution in [-0.2, 0) is 0 Å². The van der Waals surface area contributed by atoms with Crippen molar-refractivity contribution in [1.82, 2.24) is 10.2 Å². The van der Waals surface area contributed by atoms with Crippen LogP contribution in [0.25, 0.3) is 0 Å². The lowest BCUT2D eigenvalue weighted by molar-refractivity contribution is 0.197. The predicted octanol–water partition coefficient (Wildman–Crippen LogP) is 1.56. The number of hydrogen-bond acceptors (Lipinski definition) is 2. The van der Waals surface area contributed by atoms with Crippen LogP contribution in [0, 0.1) is 5.92 Å². The molecule has 0 heterocycles. The third-order valence-electron chi connectivity index (χ3n) is 3.53. The number of nitrogens with two attached hydrogens (primary N) is 1. The molecule has 0 spiro atoms. The van der Waals surface area contributed by atoms with Crippen LogP contribution in [0.2, 0.25) is 0 Å². The Kier molecular flexibility index (Phi) is 5.60. The first-order valence-electron chi connectivity index (χ1n) is 6.47. The number of amides is 2. The fourth-order valence-corrected chi connectivity index (χ4v) is 2.33. The molecule has 1 aliphatic carbocycles. The van der Waals surface area contributed by atoms with Crippen molar-refractivity contribution in [2.45, 2.75) is 45.6 Å². The molecule has 1 fully saturated rings. The Morgan fingerprint density at radius 3 is 2.50 bits per heavy atom. The SMILES string of the molecule is CCN(CC)C(=O)NCC1CCCCC1N. The highest BCUT2D eigenvalue weighted by molar-refractivity contribution is 5.74. The molecule has 0 saturated heterocycles. The maximum Gasteiger partial charge on any atom is 0.317 e. The first-order valence-corrected chi connectivity index (χ1v) is 6.47. The average molecular weight is 227 g/mol. The van der Waals surface area contributed by atoms with Gasteiger partial charge in [-0.15, -0.1) is 0 Å². The molecule has 1 aliphatic rings. The first-order chi connectivity index (χ1) is 7.69. The van der Waals surface area contributed by atoms with Crippen molar-refractivity contribution in [3.05, 3.63) is 0 Å². The molecule has 16 heavy (non-hydrogen) atoms. The normalized spacial score (nSPS) is 25.2. The Hall–Kier alpha value is -0.770. The van der Waals surface area contributed by atoms with Crippen LogP contribution in [0.3, 0.4) is 0 Å². The summed E-state index contributed by atoms with van der Waals surface area (Å²) in [5.41, 5.74) is 6.04. The summed E-state index contributed by atoms with van der Waals surface area (Å²) >= 11 is 0. The van der Waals surface area contributed by atoms with Crippen molar-refractivity contribution in [2.75, 3.05) is 19.6 Å². The Bertz CT molecular complexity index is 216. The molecule has 94 valence electrons. The lowest BCUT2D eigenvalue weighted by Gasteiger charge is -2.29. The maximum absolute atomic E-state index is 11.7. The number of urea groups is 1. The molecule has 1 saturated carbocycles. The summed E-state index contributed by atoms with van der Waals surface area (Å²) in [6.45, 7) is 6.25. The molecule has 0 aromatic rings. The van der Waals surface area contributed by atoms with Crippen LogP contribution in [0.1, 0.15) is 39.5 Å². The minimum absolute atomic E-state index is 0.0442. The number of carbonyl (C=O) groups excluding carboxylic acids is 1. The smallest absolute Gasteiger partial charge is 0.317 e. The molecule has 2 amide bonds. The van der Waals surface area contributed by atoms with E-state index in [0.29, 0.717) is 5.92 Å². The third kappa shape index (κ3) is 3.67. The van der Waals surface area contributed by atoms with Crippen molar-refractivity contribution < 1.29 is 4.79 Å². The molecule has 2 atom stereocenters. The van der Waals surface area contributed by atoms with Crippen molar-refractivity contribution >= 4 is 6.03 Å². The van der Waals surface area contributed by atoms with Gasteiger partial charge < -0.3 is 16.0 Å². The Morgan fingerprint density at radius 1 is 1.31 bits per heavy atom. The van der Waals surface area contributed by atoms with Crippen molar-refractivity contribution in [3.63, 3.8) is 0 Å². The molecule has 0 aromatic carbocycles. The molecule has 0 radical (unpaired) electrons. The van der Waals surface area contributed by atoms with Gasteiger partial charge in [-0.25, -0.2) is 4.79 Å². The minimum atomic E-state index is 0.0442. The molecule has 0 bridgehead atoms. The largest absolute Gasteiger partial charge is 0.338 e. The maximum atomic E-state index is 11.7. The summed E-state index contributed by atoms with van der Waals surface area (Å²) in [6.07, 6.45) is 4.74. The molecular weight excluding hydrogens is 202 g/mol. The lowest BCUT2D eigenvalue weighted by Crippen LogP contribution is -2.45. The number of nitrogens with one attached hydrogen (secondary N) is 1. The summed E-state index contributed by atoms with van der Waals surface area (Å²) in [6, 6.07) is 0.313. The minimum Gasteiger partial charge on any atom is -0.338 e. The molecule has 3 N–H and O–H groups in total. The predicted molar refractivity (Wildman–Crippen MR) is 66.3 cm³/mol. The van der Waals surface area contributed by atoms with Gasteiger partial charge in [0.15, 0.2) is 0 Å². The van der Waals surface area contributed by atoms with Crippen molar-refractivity contribution in [1.29, 1.82) is 0 Å². The van der Waals surface area contributed by atoms with Gasteiger partial charge in [-0.1, -0.05) is 12.8 Å². The summed E-state index contributed by atoms with van der Waals surface area (Å²) < 4.78 is 0. The van der Waals surface area contributed by atoms with Crippen LogP contribution < -0.4 is 11.1 Å². The number of carbonyl (C=O) groups is 1. The topological polar surface area (TPSA) is 58.4 Å². The number of rotatable bonds is 4. The Morgan fingerprint density at radius 2 is 1.94 bits per heavy atom. The van der Waals surface area contributed by atoms with Gasteiger partial charge in [-0.3, -0.25) is 0 Å². The van der Waals surface area contributed by atoms with Gasteiger partial charge in [0, 0.05) is 25.7 Å². The van der Waals surface area contributed by atoms with Crippen molar-refractivity contribution in [3.8, 4) is 0 Å². The molecule has 0 aromatic heterocycles. The van der Waals surface area contributed by atoms with Crippen LogP contribution in [-0.4, -0.2) is 36.6 Å². The van der Waals surface area contributed by atoms with E-state index in [4.69, 9.17) is 5.73 Å². The zero-order chi connectivity index (χ0) is 12.0. The average Bonchev–Trinajstić information content (AvgIpc) is 2.29. The summed E-state index contributed by atoms with van der Waals surface area (Å²) in [5.74, 6) is 0.466. The van der Waals surface area contributed by atoms with E-state index in [1.165, 1.54) is 12.8 Å². The van der Waals surface area contributed by atoms with E-state index < -0.39 is 0 Å². The molecule has 0 aliphatic heterocycles. The van der Waals surface area contributed by atoms with Gasteiger partial charge in [0.1, 0.15) is 0 Å². The van der Waals surface area contributed by atoms with Gasteiger partial charge >= 0.3 is 6.03 Å².